The molecular formula is C20H23N3O. The van der Waals surface area contributed by atoms with Gasteiger partial charge in [-0.05, 0) is 50.6 Å². The van der Waals surface area contributed by atoms with Gasteiger partial charge in [-0.1, -0.05) is 18.2 Å². The van der Waals surface area contributed by atoms with E-state index in [1.807, 2.05) is 32.0 Å². The third-order valence-corrected chi connectivity index (χ3v) is 4.76. The fourth-order valence-corrected chi connectivity index (χ4v) is 3.66. The van der Waals surface area contributed by atoms with Crippen LogP contribution in [0, 0.1) is 13.8 Å². The van der Waals surface area contributed by atoms with Crippen LogP contribution in [-0.4, -0.2) is 41.1 Å². The van der Waals surface area contributed by atoms with Gasteiger partial charge in [-0.2, -0.15) is 0 Å². The van der Waals surface area contributed by atoms with Gasteiger partial charge in [0.15, 0.2) is 0 Å². The SMILES string of the molecule is Cc1cc(C)nc(C2CCN(CC3=Cc4ccccc4OC3)C2)n1. The summed E-state index contributed by atoms with van der Waals surface area (Å²) in [6.45, 7) is 7.88. The van der Waals surface area contributed by atoms with Crippen molar-refractivity contribution < 1.29 is 4.74 Å². The first-order valence-corrected chi connectivity index (χ1v) is 8.63. The van der Waals surface area contributed by atoms with Crippen molar-refractivity contribution >= 4 is 6.08 Å². The zero-order chi connectivity index (χ0) is 16.5. The quantitative estimate of drug-likeness (QED) is 0.869. The minimum absolute atomic E-state index is 0.445. The second-order valence-electron chi connectivity index (χ2n) is 6.86. The van der Waals surface area contributed by atoms with E-state index in [4.69, 9.17) is 4.74 Å². The molecule has 1 fully saturated rings. The van der Waals surface area contributed by atoms with Gasteiger partial charge in [-0.15, -0.1) is 0 Å². The number of fused-ring (bicyclic) bond motifs is 1. The summed E-state index contributed by atoms with van der Waals surface area (Å²) in [6, 6.07) is 10.3. The maximum Gasteiger partial charge on any atom is 0.133 e. The number of para-hydroxylation sites is 1. The Morgan fingerprint density at radius 2 is 1.96 bits per heavy atom. The van der Waals surface area contributed by atoms with Crippen molar-refractivity contribution in [1.29, 1.82) is 0 Å². The third-order valence-electron chi connectivity index (χ3n) is 4.76. The summed E-state index contributed by atoms with van der Waals surface area (Å²) in [6.07, 6.45) is 3.41. The standard InChI is InChI=1S/C20H23N3O/c1-14-9-15(2)22-20(21-14)18-7-8-23(12-18)11-16-10-17-5-3-4-6-19(17)24-13-16/h3-6,9-10,18H,7-8,11-13H2,1-2H3. The molecule has 1 unspecified atom stereocenters. The van der Waals surface area contributed by atoms with E-state index < -0.39 is 0 Å². The Hall–Kier alpha value is -2.20. The van der Waals surface area contributed by atoms with Gasteiger partial charge in [0, 0.05) is 36.0 Å². The lowest BCUT2D eigenvalue weighted by Crippen LogP contribution is -2.26. The van der Waals surface area contributed by atoms with Crippen molar-refractivity contribution in [2.24, 2.45) is 0 Å². The molecule has 0 amide bonds. The van der Waals surface area contributed by atoms with Crippen LogP contribution in [0.5, 0.6) is 5.75 Å². The first kappa shape index (κ1) is 15.3. The Bertz CT molecular complexity index is 764. The molecule has 0 spiro atoms. The van der Waals surface area contributed by atoms with Gasteiger partial charge >= 0.3 is 0 Å². The number of ether oxygens (including phenoxy) is 1. The molecule has 24 heavy (non-hydrogen) atoms. The maximum absolute atomic E-state index is 5.87. The molecule has 2 aromatic rings. The number of benzene rings is 1. The van der Waals surface area contributed by atoms with Gasteiger partial charge in [0.25, 0.3) is 0 Å². The minimum atomic E-state index is 0.445. The number of rotatable bonds is 3. The molecule has 2 aliphatic heterocycles. The maximum atomic E-state index is 5.87. The zero-order valence-electron chi connectivity index (χ0n) is 14.3. The molecule has 0 saturated carbocycles. The number of likely N-dealkylation sites (tertiary alicyclic amines) is 1. The summed E-state index contributed by atoms with van der Waals surface area (Å²) in [5.74, 6) is 2.44. The molecule has 3 heterocycles. The van der Waals surface area contributed by atoms with Gasteiger partial charge in [-0.25, -0.2) is 9.97 Å². The molecule has 4 nitrogen and oxygen atoms in total. The summed E-state index contributed by atoms with van der Waals surface area (Å²) in [7, 11) is 0. The smallest absolute Gasteiger partial charge is 0.133 e. The lowest BCUT2D eigenvalue weighted by molar-refractivity contribution is 0.308. The van der Waals surface area contributed by atoms with E-state index in [-0.39, 0.29) is 0 Å². The molecule has 2 aliphatic rings. The number of hydrogen-bond donors (Lipinski definition) is 0. The Balaban J connectivity index is 1.44. The molecule has 0 radical (unpaired) electrons. The summed E-state index contributed by atoms with van der Waals surface area (Å²) in [5.41, 5.74) is 4.66. The van der Waals surface area contributed by atoms with Crippen LogP contribution in [0.3, 0.4) is 0 Å². The van der Waals surface area contributed by atoms with E-state index in [1.165, 1.54) is 11.1 Å². The van der Waals surface area contributed by atoms with Gasteiger partial charge in [-0.3, -0.25) is 4.90 Å². The van der Waals surface area contributed by atoms with Crippen LogP contribution in [0.2, 0.25) is 0 Å². The molecule has 1 atom stereocenters. The molecule has 0 aliphatic carbocycles. The summed E-state index contributed by atoms with van der Waals surface area (Å²) >= 11 is 0. The van der Waals surface area contributed by atoms with Gasteiger partial charge in [0.05, 0.1) is 0 Å². The zero-order valence-corrected chi connectivity index (χ0v) is 14.3. The van der Waals surface area contributed by atoms with E-state index in [0.29, 0.717) is 12.5 Å². The molecule has 1 saturated heterocycles. The lowest BCUT2D eigenvalue weighted by atomic mass is 10.1. The second kappa shape index (κ2) is 6.36. The molecule has 4 heteroatoms. The van der Waals surface area contributed by atoms with Crippen LogP contribution in [-0.2, 0) is 0 Å². The van der Waals surface area contributed by atoms with Crippen molar-refractivity contribution in [3.05, 3.63) is 58.7 Å². The van der Waals surface area contributed by atoms with Crippen LogP contribution >= 0.6 is 0 Å². The Morgan fingerprint density at radius 3 is 2.79 bits per heavy atom. The predicted molar refractivity (Wildman–Crippen MR) is 95.2 cm³/mol. The molecular weight excluding hydrogens is 298 g/mol. The third kappa shape index (κ3) is 3.20. The molecule has 1 aromatic heterocycles. The highest BCUT2D eigenvalue weighted by Crippen LogP contribution is 2.29. The fourth-order valence-electron chi connectivity index (χ4n) is 3.66. The number of hydrogen-bond acceptors (Lipinski definition) is 4. The van der Waals surface area contributed by atoms with Crippen LogP contribution in [0.4, 0.5) is 0 Å². The molecule has 4 rings (SSSR count). The topological polar surface area (TPSA) is 38.2 Å². The van der Waals surface area contributed by atoms with Crippen molar-refractivity contribution in [2.75, 3.05) is 26.2 Å². The summed E-state index contributed by atoms with van der Waals surface area (Å²) in [4.78, 5) is 11.8. The van der Waals surface area contributed by atoms with Crippen molar-refractivity contribution in [2.45, 2.75) is 26.2 Å². The fraction of sp³-hybridized carbons (Fsp3) is 0.400. The molecule has 124 valence electrons. The van der Waals surface area contributed by atoms with Crippen LogP contribution in [0.1, 0.15) is 35.1 Å². The van der Waals surface area contributed by atoms with E-state index in [2.05, 4.69) is 33.1 Å². The lowest BCUT2D eigenvalue weighted by Gasteiger charge is -2.22. The highest BCUT2D eigenvalue weighted by atomic mass is 16.5. The highest BCUT2D eigenvalue weighted by molar-refractivity contribution is 5.62. The first-order valence-electron chi connectivity index (χ1n) is 8.63. The average molecular weight is 321 g/mol. The van der Waals surface area contributed by atoms with Crippen molar-refractivity contribution in [1.82, 2.24) is 14.9 Å². The number of aryl methyl sites for hydroxylation is 2. The van der Waals surface area contributed by atoms with E-state index in [0.717, 1.165) is 49.0 Å². The molecule has 0 N–H and O–H groups in total. The normalized spacial score (nSPS) is 20.4. The summed E-state index contributed by atoms with van der Waals surface area (Å²) in [5, 5.41) is 0. The Morgan fingerprint density at radius 1 is 1.17 bits per heavy atom. The van der Waals surface area contributed by atoms with Crippen LogP contribution in [0.25, 0.3) is 6.08 Å². The minimum Gasteiger partial charge on any atom is -0.489 e. The van der Waals surface area contributed by atoms with E-state index in [1.54, 1.807) is 0 Å². The summed E-state index contributed by atoms with van der Waals surface area (Å²) < 4.78 is 5.87. The average Bonchev–Trinajstić information content (AvgIpc) is 3.02. The van der Waals surface area contributed by atoms with Crippen molar-refractivity contribution in [3.63, 3.8) is 0 Å². The van der Waals surface area contributed by atoms with Gasteiger partial charge in [0.1, 0.15) is 18.2 Å². The predicted octanol–water partition coefficient (Wildman–Crippen LogP) is 3.36. The number of nitrogens with zero attached hydrogens (tertiary/aromatic N) is 3. The van der Waals surface area contributed by atoms with Gasteiger partial charge < -0.3 is 4.74 Å². The number of aromatic nitrogens is 2. The molecule has 0 bridgehead atoms. The molecule has 1 aromatic carbocycles. The monoisotopic (exact) mass is 321 g/mol. The Kier molecular flexibility index (Phi) is 4.07. The van der Waals surface area contributed by atoms with Gasteiger partial charge in [0.2, 0.25) is 0 Å². The Labute approximate surface area is 143 Å². The van der Waals surface area contributed by atoms with Crippen molar-refractivity contribution in [3.8, 4) is 5.75 Å². The first-order chi connectivity index (χ1) is 11.7. The largest absolute Gasteiger partial charge is 0.489 e. The van der Waals surface area contributed by atoms with E-state index in [9.17, 15) is 0 Å². The van der Waals surface area contributed by atoms with E-state index >= 15 is 0 Å². The van der Waals surface area contributed by atoms with Crippen LogP contribution in [0.15, 0.2) is 35.9 Å². The second-order valence-corrected chi connectivity index (χ2v) is 6.86. The van der Waals surface area contributed by atoms with Crippen LogP contribution < -0.4 is 4.74 Å². The highest BCUT2D eigenvalue weighted by Gasteiger charge is 2.27.